The van der Waals surface area contributed by atoms with Crippen molar-refractivity contribution in [2.45, 2.75) is 213 Å². The molecule has 0 saturated carbocycles. The van der Waals surface area contributed by atoms with Gasteiger partial charge in [-0.1, -0.05) is 127 Å². The maximum atomic E-state index is 12.7. The zero-order chi connectivity index (χ0) is 44.4. The maximum Gasteiger partial charge on any atom is 0.472 e. The SMILES string of the molecule is CCCCC/C=C\CC1OC1C/C=C\C/C=C\CCCC(=O)OC[C@H](COP(=O)(O)OCCN)OC(=O)CCCCCCCCCCCCc1oc(CCCCC)c(C)c1C. The molecule has 0 amide bonds. The van der Waals surface area contributed by atoms with Crippen molar-refractivity contribution < 1.29 is 46.7 Å². The molecule has 1 fully saturated rings. The molecule has 3 unspecified atom stereocenters. The molecular weight excluding hydrogens is 794 g/mol. The van der Waals surface area contributed by atoms with Crippen molar-refractivity contribution in [3.8, 4) is 0 Å². The Kier molecular flexibility index (Phi) is 31.2. The number of hydrogen-bond donors (Lipinski definition) is 2. The lowest BCUT2D eigenvalue weighted by Gasteiger charge is -2.19. The third-order valence-corrected chi connectivity index (χ3v) is 12.1. The van der Waals surface area contributed by atoms with E-state index in [0.717, 1.165) is 64.2 Å². The lowest BCUT2D eigenvalue weighted by atomic mass is 10.0. The molecule has 0 radical (unpaired) electrons. The van der Waals surface area contributed by atoms with Crippen LogP contribution < -0.4 is 5.73 Å². The van der Waals surface area contributed by atoms with Gasteiger partial charge in [-0.05, 0) is 89.2 Å². The molecule has 0 spiro atoms. The summed E-state index contributed by atoms with van der Waals surface area (Å²) < 4.78 is 44.9. The van der Waals surface area contributed by atoms with Crippen LogP contribution in [0.1, 0.15) is 191 Å². The van der Waals surface area contributed by atoms with E-state index in [4.69, 9.17) is 33.4 Å². The summed E-state index contributed by atoms with van der Waals surface area (Å²) in [6, 6.07) is 0. The molecule has 1 aliphatic heterocycles. The van der Waals surface area contributed by atoms with Crippen LogP contribution >= 0.6 is 7.82 Å². The number of hydrogen-bond acceptors (Lipinski definition) is 10. The molecule has 2 heterocycles. The molecule has 61 heavy (non-hydrogen) atoms. The first kappa shape index (κ1) is 54.6. The van der Waals surface area contributed by atoms with Gasteiger partial charge in [0.2, 0.25) is 0 Å². The van der Waals surface area contributed by atoms with Crippen LogP contribution in [0.2, 0.25) is 0 Å². The van der Waals surface area contributed by atoms with Gasteiger partial charge in [-0.2, -0.15) is 0 Å². The minimum Gasteiger partial charge on any atom is -0.466 e. The van der Waals surface area contributed by atoms with Crippen molar-refractivity contribution in [2.24, 2.45) is 5.73 Å². The van der Waals surface area contributed by atoms with Crippen LogP contribution in [0.15, 0.2) is 40.9 Å². The van der Waals surface area contributed by atoms with Crippen LogP contribution in [0.3, 0.4) is 0 Å². The highest BCUT2D eigenvalue weighted by Gasteiger charge is 2.36. The van der Waals surface area contributed by atoms with Gasteiger partial charge in [0.25, 0.3) is 0 Å². The van der Waals surface area contributed by atoms with Gasteiger partial charge in [0.1, 0.15) is 18.1 Å². The highest BCUT2D eigenvalue weighted by Crippen LogP contribution is 2.43. The topological polar surface area (TPSA) is 160 Å². The van der Waals surface area contributed by atoms with Gasteiger partial charge in [-0.3, -0.25) is 18.6 Å². The van der Waals surface area contributed by atoms with Crippen LogP contribution in [-0.2, 0) is 50.3 Å². The molecule has 0 bridgehead atoms. The molecule has 0 aliphatic carbocycles. The van der Waals surface area contributed by atoms with Gasteiger partial charge in [-0.15, -0.1) is 0 Å². The Hall–Kier alpha value is -2.53. The van der Waals surface area contributed by atoms with Crippen LogP contribution in [-0.4, -0.2) is 61.5 Å². The fourth-order valence-corrected chi connectivity index (χ4v) is 7.91. The molecule has 2 rings (SSSR count). The number of furan rings is 1. The van der Waals surface area contributed by atoms with Gasteiger partial charge in [0.15, 0.2) is 6.10 Å². The van der Waals surface area contributed by atoms with Crippen molar-refractivity contribution in [3.63, 3.8) is 0 Å². The molecule has 3 N–H and O–H groups in total. The third kappa shape index (κ3) is 28.0. The lowest BCUT2D eigenvalue weighted by molar-refractivity contribution is -0.161. The molecule has 1 aromatic heterocycles. The first-order valence-corrected chi connectivity index (χ1v) is 25.4. The fourth-order valence-electron chi connectivity index (χ4n) is 7.14. The normalized spacial score (nSPS) is 16.8. The summed E-state index contributed by atoms with van der Waals surface area (Å²) in [5.41, 5.74) is 8.04. The van der Waals surface area contributed by atoms with E-state index in [2.05, 4.69) is 58.1 Å². The number of carbonyl (C=O) groups excluding carboxylic acids is 2. The molecule has 11 nitrogen and oxygen atoms in total. The van der Waals surface area contributed by atoms with E-state index in [1.54, 1.807) is 0 Å². The minimum absolute atomic E-state index is 0.0380. The highest BCUT2D eigenvalue weighted by molar-refractivity contribution is 7.47. The van der Waals surface area contributed by atoms with E-state index in [-0.39, 0.29) is 32.6 Å². The van der Waals surface area contributed by atoms with Gasteiger partial charge < -0.3 is 29.3 Å². The smallest absolute Gasteiger partial charge is 0.466 e. The second-order valence-corrected chi connectivity index (χ2v) is 18.0. The van der Waals surface area contributed by atoms with Crippen molar-refractivity contribution in [1.29, 1.82) is 0 Å². The molecule has 1 aliphatic rings. The Morgan fingerprint density at radius 3 is 1.84 bits per heavy atom. The molecule has 350 valence electrons. The van der Waals surface area contributed by atoms with E-state index >= 15 is 0 Å². The molecule has 4 atom stereocenters. The summed E-state index contributed by atoms with van der Waals surface area (Å²) in [5.74, 6) is 1.45. The molecular formula is C49H84NO10P. The quantitative estimate of drug-likeness (QED) is 0.0212. The third-order valence-electron chi connectivity index (χ3n) is 11.1. The fraction of sp³-hybridized carbons (Fsp3) is 0.755. The standard InChI is InChI=1S/C49H84NO10P/c1-5-7-9-10-20-27-33-46-47(60-46)34-28-22-17-15-19-23-29-35-48(51)55-39-43(40-57-61(53,54)56-38-37-50)58-49(52)36-30-24-18-14-12-11-13-16-21-26-32-45-42(4)41(3)44(59-45)31-25-8-6-2/h15,19-20,22,27-28,43,46-47H,5-14,16-18,21,23-26,29-40,50H2,1-4H3,(H,53,54)/b19-15-,27-20-,28-22-/t43-,46?,47?/m1/s1. The average molecular weight is 878 g/mol. The van der Waals surface area contributed by atoms with Crippen LogP contribution in [0, 0.1) is 13.8 Å². The first-order chi connectivity index (χ1) is 29.6. The van der Waals surface area contributed by atoms with Crippen molar-refractivity contribution in [1.82, 2.24) is 0 Å². The number of epoxide rings is 1. The number of nitrogens with two attached hydrogens (primary N) is 1. The predicted molar refractivity (Wildman–Crippen MR) is 245 cm³/mol. The average Bonchev–Trinajstić information content (AvgIpc) is 3.94. The number of unbranched alkanes of at least 4 members (excludes halogenated alkanes) is 15. The van der Waals surface area contributed by atoms with E-state index in [0.29, 0.717) is 25.0 Å². The number of carbonyl (C=O) groups is 2. The van der Waals surface area contributed by atoms with Gasteiger partial charge in [-0.25, -0.2) is 4.57 Å². The van der Waals surface area contributed by atoms with Crippen LogP contribution in [0.4, 0.5) is 0 Å². The maximum absolute atomic E-state index is 12.7. The van der Waals surface area contributed by atoms with Crippen molar-refractivity contribution in [3.05, 3.63) is 59.1 Å². The highest BCUT2D eigenvalue weighted by atomic mass is 31.2. The second kappa shape index (κ2) is 34.9. The van der Waals surface area contributed by atoms with Gasteiger partial charge in [0, 0.05) is 32.2 Å². The number of esters is 2. The van der Waals surface area contributed by atoms with Gasteiger partial charge >= 0.3 is 19.8 Å². The predicted octanol–water partition coefficient (Wildman–Crippen LogP) is 12.4. The Balaban J connectivity index is 1.55. The second-order valence-electron chi connectivity index (χ2n) is 16.6. The van der Waals surface area contributed by atoms with Crippen LogP contribution in [0.25, 0.3) is 0 Å². The van der Waals surface area contributed by atoms with E-state index in [1.807, 2.05) is 6.08 Å². The number of phosphoric acid groups is 1. The van der Waals surface area contributed by atoms with Crippen molar-refractivity contribution >= 4 is 19.8 Å². The zero-order valence-corrected chi connectivity index (χ0v) is 39.4. The lowest BCUT2D eigenvalue weighted by Crippen LogP contribution is -2.29. The van der Waals surface area contributed by atoms with Crippen LogP contribution in [0.5, 0.6) is 0 Å². The van der Waals surface area contributed by atoms with E-state index in [9.17, 15) is 19.0 Å². The Bertz CT molecular complexity index is 1440. The summed E-state index contributed by atoms with van der Waals surface area (Å²) in [6.45, 7) is 7.97. The summed E-state index contributed by atoms with van der Waals surface area (Å²) >= 11 is 0. The molecule has 0 aromatic carbocycles. The van der Waals surface area contributed by atoms with Gasteiger partial charge in [0.05, 0.1) is 25.4 Å². The largest absolute Gasteiger partial charge is 0.472 e. The summed E-state index contributed by atoms with van der Waals surface area (Å²) in [6.07, 6.45) is 38.8. The summed E-state index contributed by atoms with van der Waals surface area (Å²) in [5, 5.41) is 0. The Morgan fingerprint density at radius 1 is 0.672 bits per heavy atom. The number of aryl methyl sites for hydroxylation is 2. The monoisotopic (exact) mass is 878 g/mol. The molecule has 1 aromatic rings. The number of ether oxygens (including phenoxy) is 3. The summed E-state index contributed by atoms with van der Waals surface area (Å²) in [7, 11) is -4.41. The number of phosphoric ester groups is 1. The Morgan fingerprint density at radius 2 is 1.20 bits per heavy atom. The zero-order valence-electron chi connectivity index (χ0n) is 38.6. The number of rotatable bonds is 40. The summed E-state index contributed by atoms with van der Waals surface area (Å²) in [4.78, 5) is 35.1. The van der Waals surface area contributed by atoms with Crippen molar-refractivity contribution in [2.75, 3.05) is 26.4 Å². The number of allylic oxidation sites excluding steroid dienone is 4. The Labute approximate surface area is 369 Å². The van der Waals surface area contributed by atoms with E-state index < -0.39 is 32.5 Å². The first-order valence-electron chi connectivity index (χ1n) is 23.9. The minimum atomic E-state index is -4.41. The van der Waals surface area contributed by atoms with E-state index in [1.165, 1.54) is 99.7 Å². The molecule has 12 heteroatoms. The molecule has 1 saturated heterocycles.